The molecule has 0 spiro atoms. The number of sulfonamides is 1. The van der Waals surface area contributed by atoms with Crippen molar-refractivity contribution in [2.45, 2.75) is 29.6 Å². The van der Waals surface area contributed by atoms with Gasteiger partial charge in [-0.25, -0.2) is 12.8 Å². The summed E-state index contributed by atoms with van der Waals surface area (Å²) in [5.74, 6) is -0.590. The SMILES string of the molecule is O=S(=O)(Nc1ccccc1F)c1ccc(CNC2CC2)s1. The summed E-state index contributed by atoms with van der Waals surface area (Å²) in [4.78, 5) is 0.954. The van der Waals surface area contributed by atoms with Crippen LogP contribution in [0, 0.1) is 5.82 Å². The van der Waals surface area contributed by atoms with Crippen molar-refractivity contribution in [3.8, 4) is 0 Å². The molecule has 21 heavy (non-hydrogen) atoms. The molecule has 0 atom stereocenters. The topological polar surface area (TPSA) is 58.2 Å². The Labute approximate surface area is 127 Å². The zero-order valence-electron chi connectivity index (χ0n) is 11.2. The number of thiophene rings is 1. The minimum absolute atomic E-state index is 0.0384. The van der Waals surface area contributed by atoms with Gasteiger partial charge in [0.25, 0.3) is 10.0 Å². The van der Waals surface area contributed by atoms with Crippen molar-refractivity contribution in [3.05, 3.63) is 47.1 Å². The number of para-hydroxylation sites is 1. The lowest BCUT2D eigenvalue weighted by Crippen LogP contribution is -2.14. The molecule has 1 saturated carbocycles. The zero-order chi connectivity index (χ0) is 14.9. The van der Waals surface area contributed by atoms with Crippen LogP contribution >= 0.6 is 11.3 Å². The summed E-state index contributed by atoms with van der Waals surface area (Å²) in [5.41, 5.74) is -0.0384. The average molecular weight is 326 g/mol. The van der Waals surface area contributed by atoms with Crippen molar-refractivity contribution >= 4 is 27.0 Å². The Kier molecular flexibility index (Phi) is 3.97. The molecular formula is C14H15FN2O2S2. The third-order valence-corrected chi connectivity index (χ3v) is 6.10. The van der Waals surface area contributed by atoms with E-state index < -0.39 is 15.8 Å². The molecule has 3 rings (SSSR count). The number of nitrogens with one attached hydrogen (secondary N) is 2. The fourth-order valence-electron chi connectivity index (χ4n) is 1.87. The predicted molar refractivity (Wildman–Crippen MR) is 81.4 cm³/mol. The molecule has 0 saturated heterocycles. The fourth-order valence-corrected chi connectivity index (χ4v) is 4.24. The van der Waals surface area contributed by atoms with E-state index in [0.29, 0.717) is 12.6 Å². The van der Waals surface area contributed by atoms with Gasteiger partial charge in [-0.15, -0.1) is 11.3 Å². The second-order valence-corrected chi connectivity index (χ2v) is 8.04. The van der Waals surface area contributed by atoms with Crippen LogP contribution in [0.15, 0.2) is 40.6 Å². The van der Waals surface area contributed by atoms with E-state index in [4.69, 9.17) is 0 Å². The number of hydrogen-bond acceptors (Lipinski definition) is 4. The molecule has 1 aliphatic carbocycles. The Morgan fingerprint density at radius 3 is 2.67 bits per heavy atom. The van der Waals surface area contributed by atoms with Crippen molar-refractivity contribution in [1.29, 1.82) is 0 Å². The van der Waals surface area contributed by atoms with Gasteiger partial charge in [0.15, 0.2) is 0 Å². The van der Waals surface area contributed by atoms with Gasteiger partial charge in [-0.1, -0.05) is 12.1 Å². The Hall–Kier alpha value is -1.44. The predicted octanol–water partition coefficient (Wildman–Crippen LogP) is 2.94. The number of rotatable bonds is 6. The van der Waals surface area contributed by atoms with E-state index >= 15 is 0 Å². The first-order chi connectivity index (χ1) is 10.0. The van der Waals surface area contributed by atoms with Gasteiger partial charge in [0.1, 0.15) is 10.0 Å². The summed E-state index contributed by atoms with van der Waals surface area (Å²) in [6.45, 7) is 0.671. The van der Waals surface area contributed by atoms with Gasteiger partial charge >= 0.3 is 0 Å². The van der Waals surface area contributed by atoms with Crippen LogP contribution in [0.1, 0.15) is 17.7 Å². The summed E-state index contributed by atoms with van der Waals surface area (Å²) in [5, 5.41) is 3.33. The highest BCUT2D eigenvalue weighted by atomic mass is 32.2. The molecule has 1 aliphatic rings. The molecule has 1 aromatic heterocycles. The van der Waals surface area contributed by atoms with Crippen LogP contribution in [-0.4, -0.2) is 14.5 Å². The minimum Gasteiger partial charge on any atom is -0.309 e. The first-order valence-electron chi connectivity index (χ1n) is 6.64. The van der Waals surface area contributed by atoms with Gasteiger partial charge in [0.2, 0.25) is 0 Å². The Bertz CT molecular complexity index is 739. The van der Waals surface area contributed by atoms with E-state index in [1.54, 1.807) is 18.2 Å². The first kappa shape index (κ1) is 14.5. The van der Waals surface area contributed by atoms with E-state index in [9.17, 15) is 12.8 Å². The van der Waals surface area contributed by atoms with E-state index in [2.05, 4.69) is 10.0 Å². The molecule has 1 aromatic carbocycles. The quantitative estimate of drug-likeness (QED) is 0.858. The lowest BCUT2D eigenvalue weighted by atomic mass is 10.3. The Morgan fingerprint density at radius 1 is 1.19 bits per heavy atom. The lowest BCUT2D eigenvalue weighted by Gasteiger charge is -2.06. The molecule has 0 bridgehead atoms. The summed E-state index contributed by atoms with van der Waals surface area (Å²) >= 11 is 1.20. The van der Waals surface area contributed by atoms with Gasteiger partial charge in [-0.2, -0.15) is 0 Å². The fraction of sp³-hybridized carbons (Fsp3) is 0.286. The standard InChI is InChI=1S/C14H15FN2O2S2/c15-12-3-1-2-4-13(12)17-21(18,19)14-8-7-11(20-14)9-16-10-5-6-10/h1-4,7-8,10,16-17H,5-6,9H2. The van der Waals surface area contributed by atoms with Crippen LogP contribution in [-0.2, 0) is 16.6 Å². The second-order valence-electron chi connectivity index (χ2n) is 4.96. The van der Waals surface area contributed by atoms with E-state index in [1.165, 1.54) is 42.4 Å². The first-order valence-corrected chi connectivity index (χ1v) is 8.94. The lowest BCUT2D eigenvalue weighted by molar-refractivity contribution is 0.600. The zero-order valence-corrected chi connectivity index (χ0v) is 12.8. The molecule has 1 heterocycles. The van der Waals surface area contributed by atoms with E-state index in [0.717, 1.165) is 4.88 Å². The molecule has 2 aromatic rings. The maximum Gasteiger partial charge on any atom is 0.271 e. The molecule has 7 heteroatoms. The monoisotopic (exact) mass is 326 g/mol. The second kappa shape index (κ2) is 5.75. The van der Waals surface area contributed by atoms with Crippen molar-refractivity contribution in [2.24, 2.45) is 0 Å². The van der Waals surface area contributed by atoms with Gasteiger partial charge in [-0.05, 0) is 37.1 Å². The highest BCUT2D eigenvalue weighted by molar-refractivity contribution is 7.94. The summed E-state index contributed by atoms with van der Waals surface area (Å²) in [6.07, 6.45) is 2.37. The van der Waals surface area contributed by atoms with Crippen LogP contribution in [0.5, 0.6) is 0 Å². The highest BCUT2D eigenvalue weighted by Crippen LogP contribution is 2.26. The molecule has 112 valence electrons. The molecular weight excluding hydrogens is 311 g/mol. The van der Waals surface area contributed by atoms with Crippen LogP contribution in [0.2, 0.25) is 0 Å². The number of anilines is 1. The van der Waals surface area contributed by atoms with E-state index in [1.807, 2.05) is 0 Å². The van der Waals surface area contributed by atoms with Gasteiger partial charge in [-0.3, -0.25) is 4.72 Å². The maximum absolute atomic E-state index is 13.5. The van der Waals surface area contributed by atoms with Crippen LogP contribution in [0.25, 0.3) is 0 Å². The van der Waals surface area contributed by atoms with Crippen LogP contribution < -0.4 is 10.0 Å². The highest BCUT2D eigenvalue weighted by Gasteiger charge is 2.22. The molecule has 0 radical (unpaired) electrons. The molecule has 0 aliphatic heterocycles. The molecule has 0 unspecified atom stereocenters. The molecule has 1 fully saturated rings. The molecule has 4 nitrogen and oxygen atoms in total. The summed E-state index contributed by atoms with van der Waals surface area (Å²) in [6, 6.07) is 9.63. The van der Waals surface area contributed by atoms with Gasteiger partial charge in [0.05, 0.1) is 5.69 Å². The van der Waals surface area contributed by atoms with Crippen LogP contribution in [0.3, 0.4) is 0 Å². The van der Waals surface area contributed by atoms with E-state index in [-0.39, 0.29) is 9.90 Å². The molecule has 2 N–H and O–H groups in total. The largest absolute Gasteiger partial charge is 0.309 e. The third kappa shape index (κ3) is 3.61. The summed E-state index contributed by atoms with van der Waals surface area (Å²) < 4.78 is 40.5. The van der Waals surface area contributed by atoms with Crippen molar-refractivity contribution in [1.82, 2.24) is 5.32 Å². The van der Waals surface area contributed by atoms with Crippen molar-refractivity contribution in [3.63, 3.8) is 0 Å². The number of hydrogen-bond donors (Lipinski definition) is 2. The van der Waals surface area contributed by atoms with Gasteiger partial charge in [0, 0.05) is 17.5 Å². The number of benzene rings is 1. The molecule has 0 amide bonds. The van der Waals surface area contributed by atoms with Gasteiger partial charge < -0.3 is 5.32 Å². The minimum atomic E-state index is -3.74. The maximum atomic E-state index is 13.5. The third-order valence-electron chi connectivity index (χ3n) is 3.16. The Balaban J connectivity index is 1.73. The Morgan fingerprint density at radius 2 is 1.95 bits per heavy atom. The average Bonchev–Trinajstić information content (AvgIpc) is 3.15. The summed E-state index contributed by atoms with van der Waals surface area (Å²) in [7, 11) is -3.74. The normalized spacial score (nSPS) is 15.1. The smallest absolute Gasteiger partial charge is 0.271 e. The van der Waals surface area contributed by atoms with Crippen LogP contribution in [0.4, 0.5) is 10.1 Å². The van der Waals surface area contributed by atoms with Crippen molar-refractivity contribution < 1.29 is 12.8 Å². The number of halogens is 1. The van der Waals surface area contributed by atoms with Crippen molar-refractivity contribution in [2.75, 3.05) is 4.72 Å².